The van der Waals surface area contributed by atoms with Gasteiger partial charge in [0.05, 0.1) is 19.1 Å². The highest BCUT2D eigenvalue weighted by Gasteiger charge is 2.60. The molecule has 0 bridgehead atoms. The van der Waals surface area contributed by atoms with Crippen LogP contribution < -0.4 is 10.5 Å². The molecule has 3 aliphatic heterocycles. The summed E-state index contributed by atoms with van der Waals surface area (Å²) in [6.07, 6.45) is 1.86. The lowest BCUT2D eigenvalue weighted by atomic mass is 9.71. The molecule has 1 fully saturated rings. The van der Waals surface area contributed by atoms with E-state index in [9.17, 15) is 9.18 Å². The molecule has 4 heterocycles. The van der Waals surface area contributed by atoms with Crippen LogP contribution in [0.2, 0.25) is 0 Å². The van der Waals surface area contributed by atoms with Gasteiger partial charge in [0.15, 0.2) is 11.5 Å². The van der Waals surface area contributed by atoms with Gasteiger partial charge in [0.2, 0.25) is 5.95 Å². The van der Waals surface area contributed by atoms with Gasteiger partial charge in [-0.2, -0.15) is 4.39 Å². The Morgan fingerprint density at radius 3 is 2.96 bits per heavy atom. The first kappa shape index (κ1) is 17.1. The molecule has 8 heteroatoms. The maximum Gasteiger partial charge on any atom is 0.262 e. The van der Waals surface area contributed by atoms with Crippen LogP contribution in [0.1, 0.15) is 12.0 Å². The number of rotatable bonds is 1. The summed E-state index contributed by atoms with van der Waals surface area (Å²) in [6, 6.07) is 8.60. The van der Waals surface area contributed by atoms with Gasteiger partial charge in [0.25, 0.3) is 5.91 Å². The number of nitrogens with zero attached hydrogens (tertiary/aromatic N) is 3. The first-order valence-corrected chi connectivity index (χ1v) is 9.15. The molecule has 5 rings (SSSR count). The van der Waals surface area contributed by atoms with E-state index in [1.54, 1.807) is 37.4 Å². The summed E-state index contributed by atoms with van der Waals surface area (Å²) < 4.78 is 26.1. The Balaban J connectivity index is 1.74. The van der Waals surface area contributed by atoms with E-state index in [1.807, 2.05) is 0 Å². The minimum Gasteiger partial charge on any atom is -0.489 e. The predicted octanol–water partition coefficient (Wildman–Crippen LogP) is 1.67. The van der Waals surface area contributed by atoms with Crippen molar-refractivity contribution in [2.24, 2.45) is 16.6 Å². The number of nitrogens with two attached hydrogens (primary N) is 1. The van der Waals surface area contributed by atoms with Crippen molar-refractivity contribution in [3.05, 3.63) is 48.0 Å². The van der Waals surface area contributed by atoms with E-state index in [1.165, 1.54) is 11.1 Å². The molecule has 1 aromatic carbocycles. The summed E-state index contributed by atoms with van der Waals surface area (Å²) >= 11 is 0. The molecule has 144 valence electrons. The summed E-state index contributed by atoms with van der Waals surface area (Å²) in [7, 11) is 1.61. The van der Waals surface area contributed by atoms with Crippen molar-refractivity contribution < 1.29 is 18.7 Å². The third kappa shape index (κ3) is 2.21. The van der Waals surface area contributed by atoms with E-state index in [-0.39, 0.29) is 23.9 Å². The number of carbonyl (C=O) groups is 1. The van der Waals surface area contributed by atoms with Gasteiger partial charge in [-0.25, -0.2) is 9.98 Å². The molecule has 1 spiro atoms. The van der Waals surface area contributed by atoms with Crippen molar-refractivity contribution in [1.29, 1.82) is 0 Å². The van der Waals surface area contributed by atoms with Gasteiger partial charge in [-0.3, -0.25) is 9.69 Å². The molecule has 2 N–H and O–H groups in total. The second kappa shape index (κ2) is 6.00. The van der Waals surface area contributed by atoms with E-state index in [0.29, 0.717) is 42.1 Å². The average molecular weight is 382 g/mol. The van der Waals surface area contributed by atoms with Crippen LogP contribution in [0.25, 0.3) is 11.1 Å². The quantitative estimate of drug-likeness (QED) is 0.758. The van der Waals surface area contributed by atoms with Gasteiger partial charge in [-0.05, 0) is 29.8 Å². The van der Waals surface area contributed by atoms with Crippen molar-refractivity contribution in [3.63, 3.8) is 0 Å². The zero-order valence-electron chi connectivity index (χ0n) is 15.3. The van der Waals surface area contributed by atoms with E-state index in [0.717, 1.165) is 0 Å². The number of amides is 1. The van der Waals surface area contributed by atoms with Gasteiger partial charge in [-0.1, -0.05) is 6.07 Å². The molecule has 0 saturated carbocycles. The van der Waals surface area contributed by atoms with Gasteiger partial charge in [-0.15, -0.1) is 0 Å². The third-order valence-corrected chi connectivity index (χ3v) is 5.83. The number of hydrogen-bond donors (Lipinski definition) is 1. The topological polar surface area (TPSA) is 90.0 Å². The van der Waals surface area contributed by atoms with Crippen LogP contribution in [0.4, 0.5) is 4.39 Å². The Morgan fingerprint density at radius 2 is 2.21 bits per heavy atom. The predicted molar refractivity (Wildman–Crippen MR) is 99.0 cm³/mol. The zero-order chi connectivity index (χ0) is 19.5. The van der Waals surface area contributed by atoms with Crippen molar-refractivity contribution in [2.45, 2.75) is 18.1 Å². The standard InChI is InChI=1S/C20H19FN4O3/c1-25-18(26)20(24-19(25)22)13-9-11(12-3-2-7-23-17(12)21)4-5-15(13)28-16-6-8-27-10-14(16)20/h2-5,7,9,14,16H,6,8,10H2,1H3,(H2,22,24). The molecule has 0 radical (unpaired) electrons. The summed E-state index contributed by atoms with van der Waals surface area (Å²) in [5, 5.41) is 0. The van der Waals surface area contributed by atoms with E-state index in [4.69, 9.17) is 15.2 Å². The number of likely N-dealkylation sites (N-methyl/N-ethyl adjacent to an activating group) is 1. The SMILES string of the molecule is CN1C(=O)C2(N=C1N)c1cc(-c3cccnc3F)ccc1OC1CCOCC12. The number of aliphatic imine (C=N–C) groups is 1. The van der Waals surface area contributed by atoms with Crippen LogP contribution >= 0.6 is 0 Å². The molecular formula is C20H19FN4O3. The lowest BCUT2D eigenvalue weighted by molar-refractivity contribution is -0.141. The Kier molecular flexibility index (Phi) is 3.67. The summed E-state index contributed by atoms with van der Waals surface area (Å²) in [4.78, 5) is 23.1. The van der Waals surface area contributed by atoms with Crippen molar-refractivity contribution >= 4 is 11.9 Å². The number of carbonyl (C=O) groups excluding carboxylic acids is 1. The van der Waals surface area contributed by atoms with Crippen molar-refractivity contribution in [1.82, 2.24) is 9.88 Å². The Bertz CT molecular complexity index is 1010. The number of guanidine groups is 1. The molecular weight excluding hydrogens is 363 g/mol. The maximum absolute atomic E-state index is 14.3. The Morgan fingerprint density at radius 1 is 1.36 bits per heavy atom. The average Bonchev–Trinajstić information content (AvgIpc) is 2.93. The minimum absolute atomic E-state index is 0.153. The van der Waals surface area contributed by atoms with Crippen LogP contribution in [0.15, 0.2) is 41.5 Å². The van der Waals surface area contributed by atoms with E-state index >= 15 is 0 Å². The number of pyridine rings is 1. The number of ether oxygens (including phenoxy) is 2. The summed E-state index contributed by atoms with van der Waals surface area (Å²) in [6.45, 7) is 0.904. The van der Waals surface area contributed by atoms with Crippen LogP contribution in [0, 0.1) is 11.9 Å². The van der Waals surface area contributed by atoms with Gasteiger partial charge in [0.1, 0.15) is 11.9 Å². The third-order valence-electron chi connectivity index (χ3n) is 5.83. The van der Waals surface area contributed by atoms with Crippen LogP contribution in [0.3, 0.4) is 0 Å². The van der Waals surface area contributed by atoms with E-state index < -0.39 is 11.5 Å². The molecule has 7 nitrogen and oxygen atoms in total. The van der Waals surface area contributed by atoms with Crippen LogP contribution in [-0.2, 0) is 15.1 Å². The van der Waals surface area contributed by atoms with Crippen LogP contribution in [0.5, 0.6) is 5.75 Å². The number of benzene rings is 1. The second-order valence-electron chi connectivity index (χ2n) is 7.28. The highest BCUT2D eigenvalue weighted by molar-refractivity contribution is 6.07. The highest BCUT2D eigenvalue weighted by Crippen LogP contribution is 2.51. The molecule has 1 saturated heterocycles. The first-order chi connectivity index (χ1) is 13.5. The fourth-order valence-corrected chi connectivity index (χ4v) is 4.39. The number of hydrogen-bond acceptors (Lipinski definition) is 6. The number of fused-ring (bicyclic) bond motifs is 4. The minimum atomic E-state index is -1.23. The van der Waals surface area contributed by atoms with Gasteiger partial charge in [0, 0.05) is 30.8 Å². The highest BCUT2D eigenvalue weighted by atomic mass is 19.1. The molecule has 1 amide bonds. The van der Waals surface area contributed by atoms with Crippen LogP contribution in [-0.4, -0.2) is 48.1 Å². The Labute approximate surface area is 161 Å². The maximum atomic E-state index is 14.3. The molecule has 3 aliphatic rings. The largest absolute Gasteiger partial charge is 0.489 e. The first-order valence-electron chi connectivity index (χ1n) is 9.15. The fraction of sp³-hybridized carbons (Fsp3) is 0.350. The molecule has 1 aromatic heterocycles. The monoisotopic (exact) mass is 382 g/mol. The smallest absolute Gasteiger partial charge is 0.262 e. The fourth-order valence-electron chi connectivity index (χ4n) is 4.39. The lowest BCUT2D eigenvalue weighted by Crippen LogP contribution is -2.56. The normalized spacial score (nSPS) is 28.6. The van der Waals surface area contributed by atoms with E-state index in [2.05, 4.69) is 9.98 Å². The van der Waals surface area contributed by atoms with Gasteiger partial charge >= 0.3 is 0 Å². The summed E-state index contributed by atoms with van der Waals surface area (Å²) in [5.41, 5.74) is 6.32. The second-order valence-corrected chi connectivity index (χ2v) is 7.28. The number of aromatic nitrogens is 1. The molecule has 0 aliphatic carbocycles. The Hall–Kier alpha value is -3.00. The zero-order valence-corrected chi connectivity index (χ0v) is 15.3. The lowest BCUT2D eigenvalue weighted by Gasteiger charge is -2.45. The molecule has 3 atom stereocenters. The number of halogens is 1. The molecule has 3 unspecified atom stereocenters. The molecule has 2 aromatic rings. The van der Waals surface area contributed by atoms with Crippen molar-refractivity contribution in [3.8, 4) is 16.9 Å². The van der Waals surface area contributed by atoms with Crippen molar-refractivity contribution in [2.75, 3.05) is 20.3 Å². The van der Waals surface area contributed by atoms with Gasteiger partial charge < -0.3 is 15.2 Å². The molecule has 28 heavy (non-hydrogen) atoms. The summed E-state index contributed by atoms with van der Waals surface area (Å²) in [5.74, 6) is -0.390.